The van der Waals surface area contributed by atoms with Crippen molar-refractivity contribution in [1.29, 1.82) is 0 Å². The van der Waals surface area contributed by atoms with Gasteiger partial charge in [0.1, 0.15) is 5.82 Å². The SMILES string of the molecule is CC(C)(C)c1ccnc(-n2c3[c-]c(Oc4[c-]c(N5[CH-]N(c6c(-c7ccccc7)cc(C(C)(C)C)cc6-c6ccccc6)c6ccccc65)cc(C5c6ccccc6-c6ccccc65)c4)c(C(C)(C)C)cc3c3ccccc32)c1.[Pt]. The summed E-state index contributed by atoms with van der Waals surface area (Å²) in [6.07, 6.45) is 1.93. The number of rotatable bonds is 8. The fourth-order valence-electron chi connectivity index (χ4n) is 11.8. The van der Waals surface area contributed by atoms with Crippen LogP contribution >= 0.6 is 0 Å². The van der Waals surface area contributed by atoms with Gasteiger partial charge in [0, 0.05) is 78.4 Å². The zero-order valence-corrected chi connectivity index (χ0v) is 48.6. The molecular weight excluding hydrogens is 1140 g/mol. The van der Waals surface area contributed by atoms with E-state index in [1.807, 2.05) is 6.20 Å². The smallest absolute Gasteiger partial charge is 0.135 e. The van der Waals surface area contributed by atoms with Crippen LogP contribution in [0.3, 0.4) is 0 Å². The van der Waals surface area contributed by atoms with Gasteiger partial charge in [0.15, 0.2) is 0 Å². The van der Waals surface area contributed by atoms with Gasteiger partial charge >= 0.3 is 0 Å². The van der Waals surface area contributed by atoms with Gasteiger partial charge in [0.25, 0.3) is 0 Å². The minimum atomic E-state index is -0.310. The van der Waals surface area contributed by atoms with Crippen LogP contribution < -0.4 is 14.5 Å². The van der Waals surface area contributed by atoms with Gasteiger partial charge < -0.3 is 19.1 Å². The molecule has 0 bridgehead atoms. The first-order valence-electron chi connectivity index (χ1n) is 27.3. The second-order valence-electron chi connectivity index (χ2n) is 24.1. The Bertz CT molecular complexity index is 4010. The number of benzene rings is 9. The van der Waals surface area contributed by atoms with Crippen LogP contribution in [0.5, 0.6) is 11.5 Å². The van der Waals surface area contributed by atoms with Gasteiger partial charge in [-0.3, -0.25) is 0 Å². The molecule has 79 heavy (non-hydrogen) atoms. The molecule has 6 heteroatoms. The Hall–Kier alpha value is -7.98. The van der Waals surface area contributed by atoms with Crippen LogP contribution in [-0.4, -0.2) is 9.55 Å². The van der Waals surface area contributed by atoms with Crippen LogP contribution in [0.15, 0.2) is 206 Å². The maximum atomic E-state index is 7.48. The minimum absolute atomic E-state index is 0. The maximum Gasteiger partial charge on any atom is 0.135 e. The summed E-state index contributed by atoms with van der Waals surface area (Å²) in [5.41, 5.74) is 19.9. The summed E-state index contributed by atoms with van der Waals surface area (Å²) < 4.78 is 9.74. The summed E-state index contributed by atoms with van der Waals surface area (Å²) in [7, 11) is 0. The zero-order chi connectivity index (χ0) is 53.7. The number of aromatic nitrogens is 2. The van der Waals surface area contributed by atoms with Crippen molar-refractivity contribution >= 4 is 44.6 Å². The number of ether oxygens (including phenoxy) is 1. The minimum Gasteiger partial charge on any atom is -0.509 e. The molecule has 0 N–H and O–H groups in total. The Morgan fingerprint density at radius 3 is 1.66 bits per heavy atom. The van der Waals surface area contributed by atoms with Crippen LogP contribution in [0.4, 0.5) is 22.7 Å². The van der Waals surface area contributed by atoms with E-state index >= 15 is 0 Å². The average Bonchev–Trinajstić information content (AvgIpc) is 4.24. The Balaban J connectivity index is 0.00000623. The zero-order valence-electron chi connectivity index (χ0n) is 46.3. The van der Waals surface area contributed by atoms with Crippen molar-refractivity contribution in [3.8, 4) is 50.7 Å². The van der Waals surface area contributed by atoms with E-state index in [1.54, 1.807) is 0 Å². The summed E-state index contributed by atoms with van der Waals surface area (Å²) in [5.74, 6) is 2.05. The normalized spacial score (nSPS) is 13.4. The summed E-state index contributed by atoms with van der Waals surface area (Å²) in [6.45, 7) is 22.7. The second-order valence-corrected chi connectivity index (χ2v) is 24.1. The fourth-order valence-corrected chi connectivity index (χ4v) is 11.8. The molecule has 0 saturated heterocycles. The van der Waals surface area contributed by atoms with E-state index in [0.717, 1.165) is 83.8 Å². The monoisotopic (exact) mass is 1210 g/mol. The molecule has 13 rings (SSSR count). The van der Waals surface area contributed by atoms with Crippen molar-refractivity contribution < 1.29 is 25.8 Å². The number of para-hydroxylation sites is 3. The topological polar surface area (TPSA) is 33.5 Å². The molecule has 11 aromatic rings. The van der Waals surface area contributed by atoms with Crippen molar-refractivity contribution in [2.24, 2.45) is 0 Å². The van der Waals surface area contributed by atoms with E-state index in [0.29, 0.717) is 11.5 Å². The van der Waals surface area contributed by atoms with E-state index in [1.165, 1.54) is 33.4 Å². The molecule has 0 atom stereocenters. The molecule has 9 aromatic carbocycles. The second kappa shape index (κ2) is 19.7. The molecule has 0 fully saturated rings. The van der Waals surface area contributed by atoms with E-state index in [4.69, 9.17) is 9.72 Å². The first kappa shape index (κ1) is 51.8. The molecule has 2 aromatic heterocycles. The molecule has 0 radical (unpaired) electrons. The molecule has 2 aliphatic rings. The predicted octanol–water partition coefficient (Wildman–Crippen LogP) is 19.4. The van der Waals surface area contributed by atoms with Crippen LogP contribution in [-0.2, 0) is 37.3 Å². The van der Waals surface area contributed by atoms with Crippen LogP contribution in [0.1, 0.15) is 102 Å². The first-order chi connectivity index (χ1) is 37.6. The van der Waals surface area contributed by atoms with Crippen LogP contribution in [0, 0.1) is 18.8 Å². The molecule has 394 valence electrons. The third-order valence-corrected chi connectivity index (χ3v) is 15.8. The number of fused-ring (bicyclic) bond motifs is 7. The average molecular weight is 1210 g/mol. The van der Waals surface area contributed by atoms with Gasteiger partial charge in [-0.15, -0.1) is 53.1 Å². The number of hydrogen-bond donors (Lipinski definition) is 0. The number of hydrogen-bond acceptors (Lipinski definition) is 4. The number of pyridine rings is 1. The fraction of sp³-hybridized carbons (Fsp3) is 0.178. The van der Waals surface area contributed by atoms with Gasteiger partial charge in [0.2, 0.25) is 0 Å². The van der Waals surface area contributed by atoms with E-state index in [9.17, 15) is 0 Å². The molecule has 0 amide bonds. The standard InChI is InChI=1S/C73H63N4O.Pt/c1-71(2,3)50-36-37-74-68(42-50)77-63-33-21-20-30-56(63)61-44-62(73(7,8)9)67(45-66(61)77)78-53-39-49(69-57-31-18-16-28-54(57)55-29-17-19-32-58(55)69)38-52(43-53)75-46-76(65-35-23-22-34-64(65)75)70-59(47-24-12-10-13-25-47)40-51(72(4,5)6)41-60(70)48-26-14-11-15-27-48;/h10-42,44,46,69H,1-9H3;/q-3;. The number of anilines is 4. The summed E-state index contributed by atoms with van der Waals surface area (Å²) in [5, 5.41) is 2.25. The molecule has 0 unspecified atom stereocenters. The number of nitrogens with zero attached hydrogens (tertiary/aromatic N) is 4. The third kappa shape index (κ3) is 9.16. The van der Waals surface area contributed by atoms with Gasteiger partial charge in [-0.1, -0.05) is 213 Å². The summed E-state index contributed by atoms with van der Waals surface area (Å²) in [6, 6.07) is 80.6. The largest absolute Gasteiger partial charge is 0.509 e. The van der Waals surface area contributed by atoms with Crippen molar-refractivity contribution in [2.45, 2.75) is 84.5 Å². The summed E-state index contributed by atoms with van der Waals surface area (Å²) >= 11 is 0. The maximum absolute atomic E-state index is 7.48. The van der Waals surface area contributed by atoms with Gasteiger partial charge in [-0.25, -0.2) is 4.98 Å². The van der Waals surface area contributed by atoms with Gasteiger partial charge in [0.05, 0.1) is 0 Å². The van der Waals surface area contributed by atoms with Gasteiger partial charge in [-0.05, 0) is 103 Å². The first-order valence-corrected chi connectivity index (χ1v) is 27.3. The Morgan fingerprint density at radius 2 is 1.05 bits per heavy atom. The van der Waals surface area contributed by atoms with E-state index in [2.05, 4.69) is 296 Å². The quantitative estimate of drug-likeness (QED) is 0.142. The molecule has 1 aliphatic carbocycles. The van der Waals surface area contributed by atoms with Crippen molar-refractivity contribution in [3.05, 3.63) is 259 Å². The predicted molar refractivity (Wildman–Crippen MR) is 324 cm³/mol. The van der Waals surface area contributed by atoms with Crippen LogP contribution in [0.25, 0.3) is 61.0 Å². The Morgan fingerprint density at radius 1 is 0.494 bits per heavy atom. The van der Waals surface area contributed by atoms with E-state index in [-0.39, 0.29) is 43.2 Å². The van der Waals surface area contributed by atoms with Crippen molar-refractivity contribution in [3.63, 3.8) is 0 Å². The van der Waals surface area contributed by atoms with Crippen LogP contribution in [0.2, 0.25) is 0 Å². The van der Waals surface area contributed by atoms with Crippen molar-refractivity contribution in [1.82, 2.24) is 9.55 Å². The molecule has 3 heterocycles. The van der Waals surface area contributed by atoms with Crippen molar-refractivity contribution in [2.75, 3.05) is 9.80 Å². The Kier molecular flexibility index (Phi) is 12.9. The Labute approximate surface area is 480 Å². The molecule has 0 saturated carbocycles. The van der Waals surface area contributed by atoms with E-state index < -0.39 is 0 Å². The molecule has 1 aliphatic heterocycles. The summed E-state index contributed by atoms with van der Waals surface area (Å²) in [4.78, 5) is 9.72. The molecular formula is C73H63N4OPt-3. The van der Waals surface area contributed by atoms with Gasteiger partial charge in [-0.2, -0.15) is 6.07 Å². The molecule has 5 nitrogen and oxygen atoms in total. The third-order valence-electron chi connectivity index (χ3n) is 15.8. The molecule has 0 spiro atoms.